The summed E-state index contributed by atoms with van der Waals surface area (Å²) in [6.07, 6.45) is 93.9. The molecule has 0 aliphatic rings. The summed E-state index contributed by atoms with van der Waals surface area (Å²) in [5.41, 5.74) is 0. The van der Waals surface area contributed by atoms with Crippen molar-refractivity contribution < 1.29 is 28.6 Å². The number of allylic oxidation sites excluding steroid dienone is 18. The van der Waals surface area contributed by atoms with Crippen LogP contribution in [0.5, 0.6) is 0 Å². The van der Waals surface area contributed by atoms with Crippen molar-refractivity contribution in [1.29, 1.82) is 0 Å². The maximum atomic E-state index is 13.0. The summed E-state index contributed by atoms with van der Waals surface area (Å²) in [4.78, 5) is 38.4. The van der Waals surface area contributed by atoms with Crippen molar-refractivity contribution in [3.05, 3.63) is 109 Å². The van der Waals surface area contributed by atoms with E-state index in [1.807, 2.05) is 0 Å². The van der Waals surface area contributed by atoms with Crippen LogP contribution in [0.2, 0.25) is 0 Å². The largest absolute Gasteiger partial charge is 0.462 e. The number of hydrogen-bond acceptors (Lipinski definition) is 6. The van der Waals surface area contributed by atoms with E-state index >= 15 is 0 Å². The van der Waals surface area contributed by atoms with Crippen LogP contribution in [0, 0.1) is 0 Å². The van der Waals surface area contributed by atoms with Gasteiger partial charge in [-0.15, -0.1) is 0 Å². The lowest BCUT2D eigenvalue weighted by atomic mass is 10.0. The molecule has 1 atom stereocenters. The third-order valence-corrected chi connectivity index (χ3v) is 14.7. The lowest BCUT2D eigenvalue weighted by molar-refractivity contribution is -0.167. The molecule has 0 N–H and O–H groups in total. The van der Waals surface area contributed by atoms with Crippen LogP contribution in [-0.2, 0) is 28.6 Å². The minimum Gasteiger partial charge on any atom is -0.462 e. The van der Waals surface area contributed by atoms with E-state index < -0.39 is 6.10 Å². The molecule has 0 heterocycles. The normalized spacial score (nSPS) is 12.8. The first-order chi connectivity index (χ1) is 40.0. The third kappa shape index (κ3) is 66.8. The van der Waals surface area contributed by atoms with Gasteiger partial charge >= 0.3 is 17.9 Å². The van der Waals surface area contributed by atoms with Gasteiger partial charge in [0.25, 0.3) is 0 Å². The average Bonchev–Trinajstić information content (AvgIpc) is 3.47. The van der Waals surface area contributed by atoms with Crippen LogP contribution in [0.25, 0.3) is 0 Å². The zero-order valence-corrected chi connectivity index (χ0v) is 53.3. The lowest BCUT2D eigenvalue weighted by Gasteiger charge is -2.18. The number of carbonyl (C=O) groups is 3. The molecule has 0 rings (SSSR count). The highest BCUT2D eigenvalue weighted by Crippen LogP contribution is 2.17. The van der Waals surface area contributed by atoms with Crippen LogP contribution in [0.3, 0.4) is 0 Å². The predicted octanol–water partition coefficient (Wildman–Crippen LogP) is 23.8. The molecule has 0 radical (unpaired) electrons. The Bertz CT molecular complexity index is 1620. The van der Waals surface area contributed by atoms with Crippen molar-refractivity contribution in [3.63, 3.8) is 0 Å². The second-order valence-corrected chi connectivity index (χ2v) is 22.7. The summed E-state index contributed by atoms with van der Waals surface area (Å²) in [5.74, 6) is -0.906. The maximum Gasteiger partial charge on any atom is 0.306 e. The van der Waals surface area contributed by atoms with Gasteiger partial charge in [-0.1, -0.05) is 297 Å². The smallest absolute Gasteiger partial charge is 0.306 e. The molecule has 6 nitrogen and oxygen atoms in total. The van der Waals surface area contributed by atoms with Gasteiger partial charge in [0.1, 0.15) is 13.2 Å². The standard InChI is InChI=1S/C75H128O6/c1-4-7-10-13-16-19-22-25-28-30-32-34-36-37-39-40-42-44-47-50-53-56-59-62-65-68-74(77)80-71-72(70-79-73(76)67-64-61-58-55-52-49-46-27-24-21-18-15-12-9-6-3)81-75(78)69-66-63-60-57-54-51-48-45-43-41-38-35-33-31-29-26-23-20-17-14-11-8-5-2/h8-9,11-12,17-18,20-21,26-27,29-30,32-33,35,41,43,46,72H,4-7,10,13-16,19,22-25,28,31,34,36-40,42,44-45,47-71H2,1-3H3/b11-8-,12-9-,20-17-,21-18-,29-26-,32-30-,35-33-,43-41-,46-27-. The van der Waals surface area contributed by atoms with E-state index in [0.717, 1.165) is 135 Å². The molecular formula is C75H128O6. The monoisotopic (exact) mass is 1120 g/mol. The quantitative estimate of drug-likeness (QED) is 0.0261. The molecule has 0 spiro atoms. The fourth-order valence-electron chi connectivity index (χ4n) is 9.66. The summed E-state index contributed by atoms with van der Waals surface area (Å²) in [7, 11) is 0. The van der Waals surface area contributed by atoms with E-state index in [-0.39, 0.29) is 31.1 Å². The molecule has 6 heteroatoms. The Morgan fingerprint density at radius 3 is 0.765 bits per heavy atom. The van der Waals surface area contributed by atoms with Gasteiger partial charge < -0.3 is 14.2 Å². The third-order valence-electron chi connectivity index (χ3n) is 14.7. The molecule has 0 saturated carbocycles. The Labute approximate surface area is 501 Å². The van der Waals surface area contributed by atoms with E-state index in [2.05, 4.69) is 130 Å². The summed E-state index contributed by atoms with van der Waals surface area (Å²) in [6, 6.07) is 0. The highest BCUT2D eigenvalue weighted by atomic mass is 16.6. The first-order valence-electron chi connectivity index (χ1n) is 34.4. The molecule has 0 aliphatic heterocycles. The van der Waals surface area contributed by atoms with Crippen LogP contribution in [0.1, 0.15) is 329 Å². The maximum absolute atomic E-state index is 13.0. The van der Waals surface area contributed by atoms with Crippen molar-refractivity contribution in [1.82, 2.24) is 0 Å². The van der Waals surface area contributed by atoms with Crippen LogP contribution < -0.4 is 0 Å². The molecule has 0 saturated heterocycles. The Hall–Kier alpha value is -3.93. The van der Waals surface area contributed by atoms with Crippen molar-refractivity contribution in [2.24, 2.45) is 0 Å². The predicted molar refractivity (Wildman–Crippen MR) is 353 cm³/mol. The van der Waals surface area contributed by atoms with E-state index in [0.29, 0.717) is 19.3 Å². The second-order valence-electron chi connectivity index (χ2n) is 22.7. The second kappa shape index (κ2) is 68.6. The molecule has 0 aromatic heterocycles. The zero-order valence-electron chi connectivity index (χ0n) is 53.3. The van der Waals surface area contributed by atoms with Gasteiger partial charge in [0.05, 0.1) is 0 Å². The van der Waals surface area contributed by atoms with Crippen molar-refractivity contribution >= 4 is 17.9 Å². The zero-order chi connectivity index (χ0) is 58.5. The van der Waals surface area contributed by atoms with Gasteiger partial charge in [0, 0.05) is 19.3 Å². The van der Waals surface area contributed by atoms with E-state index in [1.54, 1.807) is 0 Å². The highest BCUT2D eigenvalue weighted by Gasteiger charge is 2.19. The Balaban J connectivity index is 4.36. The minimum atomic E-state index is -0.795. The summed E-state index contributed by atoms with van der Waals surface area (Å²) < 4.78 is 17.0. The van der Waals surface area contributed by atoms with Crippen molar-refractivity contribution in [3.8, 4) is 0 Å². The number of ether oxygens (including phenoxy) is 3. The molecule has 0 fully saturated rings. The van der Waals surface area contributed by atoms with E-state index in [4.69, 9.17) is 14.2 Å². The SMILES string of the molecule is CC/C=C\C/C=C\C/C=C\C/C=C\C/C=C\CCCCCCCCCC(=O)OC(COC(=O)CCCCCCC/C=C\C/C=C\C/C=C\CC)COC(=O)CCCCCCCCCCCCCCC/C=C\CCCCCCCCCC. The molecule has 0 amide bonds. The topological polar surface area (TPSA) is 78.9 Å². The molecule has 81 heavy (non-hydrogen) atoms. The van der Waals surface area contributed by atoms with Gasteiger partial charge in [-0.05, 0) is 122 Å². The van der Waals surface area contributed by atoms with Gasteiger partial charge in [-0.3, -0.25) is 14.4 Å². The van der Waals surface area contributed by atoms with Gasteiger partial charge in [0.2, 0.25) is 0 Å². The van der Waals surface area contributed by atoms with Gasteiger partial charge in [-0.2, -0.15) is 0 Å². The van der Waals surface area contributed by atoms with Crippen LogP contribution in [0.4, 0.5) is 0 Å². The number of carbonyl (C=O) groups excluding carboxylic acids is 3. The molecule has 464 valence electrons. The van der Waals surface area contributed by atoms with Gasteiger partial charge in [0.15, 0.2) is 6.10 Å². The van der Waals surface area contributed by atoms with E-state index in [9.17, 15) is 14.4 Å². The van der Waals surface area contributed by atoms with Crippen molar-refractivity contribution in [2.75, 3.05) is 13.2 Å². The summed E-state index contributed by atoms with van der Waals surface area (Å²) >= 11 is 0. The minimum absolute atomic E-state index is 0.0880. The van der Waals surface area contributed by atoms with Crippen LogP contribution in [0.15, 0.2) is 109 Å². The summed E-state index contributed by atoms with van der Waals surface area (Å²) in [5, 5.41) is 0. The first-order valence-corrected chi connectivity index (χ1v) is 34.4. The van der Waals surface area contributed by atoms with Crippen LogP contribution in [-0.4, -0.2) is 37.2 Å². The lowest BCUT2D eigenvalue weighted by Crippen LogP contribution is -2.30. The molecule has 0 aromatic carbocycles. The first kappa shape index (κ1) is 77.1. The Morgan fingerprint density at radius 1 is 0.259 bits per heavy atom. The number of esters is 3. The summed E-state index contributed by atoms with van der Waals surface area (Å²) in [6.45, 7) is 6.42. The molecule has 0 aliphatic carbocycles. The molecule has 0 bridgehead atoms. The highest BCUT2D eigenvalue weighted by molar-refractivity contribution is 5.71. The Kier molecular flexibility index (Phi) is 65.2. The fourth-order valence-corrected chi connectivity index (χ4v) is 9.66. The number of rotatable bonds is 62. The fraction of sp³-hybridized carbons (Fsp3) is 0.720. The number of unbranched alkanes of at least 4 members (excludes halogenated alkanes) is 33. The van der Waals surface area contributed by atoms with Crippen LogP contribution >= 0.6 is 0 Å². The van der Waals surface area contributed by atoms with Gasteiger partial charge in [-0.25, -0.2) is 0 Å². The van der Waals surface area contributed by atoms with E-state index in [1.165, 1.54) is 154 Å². The number of hydrogen-bond donors (Lipinski definition) is 0. The average molecular weight is 1130 g/mol. The van der Waals surface area contributed by atoms with Crippen molar-refractivity contribution in [2.45, 2.75) is 335 Å². The molecule has 0 aromatic rings. The molecular weight excluding hydrogens is 997 g/mol. The molecule has 1 unspecified atom stereocenters. The Morgan fingerprint density at radius 2 is 0.481 bits per heavy atom.